The van der Waals surface area contributed by atoms with Gasteiger partial charge in [0.2, 0.25) is 0 Å². The van der Waals surface area contributed by atoms with Crippen LogP contribution in [0.5, 0.6) is 5.75 Å². The van der Waals surface area contributed by atoms with Gasteiger partial charge in [-0.2, -0.15) is 0 Å². The number of rotatable bonds is 7. The van der Waals surface area contributed by atoms with Crippen LogP contribution in [0, 0.1) is 0 Å². The van der Waals surface area contributed by atoms with Crippen molar-refractivity contribution in [2.24, 2.45) is 0 Å². The first-order valence-corrected chi connectivity index (χ1v) is 6.81. The monoisotopic (exact) mass is 290 g/mol. The van der Waals surface area contributed by atoms with Crippen LogP contribution in [-0.4, -0.2) is 37.4 Å². The van der Waals surface area contributed by atoms with Crippen molar-refractivity contribution in [1.29, 1.82) is 0 Å². The Morgan fingerprint density at radius 3 is 2.67 bits per heavy atom. The lowest BCUT2D eigenvalue weighted by Gasteiger charge is -2.10. The van der Waals surface area contributed by atoms with Gasteiger partial charge in [-0.25, -0.2) is 4.68 Å². The lowest BCUT2D eigenvalue weighted by molar-refractivity contribution is -0.137. The summed E-state index contributed by atoms with van der Waals surface area (Å²) in [6.45, 7) is 4.41. The van der Waals surface area contributed by atoms with Gasteiger partial charge in [0.25, 0.3) is 0 Å². The van der Waals surface area contributed by atoms with E-state index in [1.807, 2.05) is 38.1 Å². The molecular formula is C14H18N4O3. The SMILES string of the molecule is CC(C)Oc1ccc(-c2nnnn2CCCC(=O)O)cc1. The van der Waals surface area contributed by atoms with Gasteiger partial charge in [0.05, 0.1) is 6.10 Å². The first-order valence-electron chi connectivity index (χ1n) is 6.81. The normalized spacial score (nSPS) is 10.8. The Hall–Kier alpha value is -2.44. The van der Waals surface area contributed by atoms with Crippen molar-refractivity contribution in [3.05, 3.63) is 24.3 Å². The van der Waals surface area contributed by atoms with Gasteiger partial charge in [0.1, 0.15) is 5.75 Å². The zero-order valence-electron chi connectivity index (χ0n) is 12.1. The molecule has 1 aromatic heterocycles. The molecule has 0 spiro atoms. The zero-order chi connectivity index (χ0) is 15.2. The molecule has 0 atom stereocenters. The number of carboxylic acids is 1. The van der Waals surface area contributed by atoms with Crippen LogP contribution < -0.4 is 4.74 Å². The first kappa shape index (κ1) is 15.0. The summed E-state index contributed by atoms with van der Waals surface area (Å²) in [5.41, 5.74) is 0.867. The third kappa shape index (κ3) is 4.27. The van der Waals surface area contributed by atoms with Crippen molar-refractivity contribution < 1.29 is 14.6 Å². The third-order valence-corrected chi connectivity index (χ3v) is 2.78. The number of nitrogens with zero attached hydrogens (tertiary/aromatic N) is 4. The Bertz CT molecular complexity index is 593. The molecule has 2 rings (SSSR count). The topological polar surface area (TPSA) is 90.1 Å². The summed E-state index contributed by atoms with van der Waals surface area (Å²) in [7, 11) is 0. The lowest BCUT2D eigenvalue weighted by Crippen LogP contribution is -2.06. The van der Waals surface area contributed by atoms with Gasteiger partial charge in [0.15, 0.2) is 5.82 Å². The molecule has 0 saturated carbocycles. The van der Waals surface area contributed by atoms with E-state index in [1.165, 1.54) is 0 Å². The Labute approximate surface area is 122 Å². The highest BCUT2D eigenvalue weighted by Gasteiger charge is 2.09. The minimum Gasteiger partial charge on any atom is -0.491 e. The molecule has 0 aliphatic rings. The quantitative estimate of drug-likeness (QED) is 0.838. The van der Waals surface area contributed by atoms with Gasteiger partial charge in [-0.05, 0) is 55.0 Å². The molecule has 0 amide bonds. The second-order valence-corrected chi connectivity index (χ2v) is 4.91. The largest absolute Gasteiger partial charge is 0.491 e. The molecule has 21 heavy (non-hydrogen) atoms. The number of benzene rings is 1. The number of hydrogen-bond donors (Lipinski definition) is 1. The Kier molecular flexibility index (Phi) is 4.86. The highest BCUT2D eigenvalue weighted by molar-refractivity contribution is 5.66. The molecule has 0 fully saturated rings. The summed E-state index contributed by atoms with van der Waals surface area (Å²) < 4.78 is 7.20. The van der Waals surface area contributed by atoms with Crippen LogP contribution in [0.3, 0.4) is 0 Å². The average molecular weight is 290 g/mol. The lowest BCUT2D eigenvalue weighted by atomic mass is 10.2. The fourth-order valence-corrected chi connectivity index (χ4v) is 1.90. The van der Waals surface area contributed by atoms with Crippen LogP contribution in [0.4, 0.5) is 0 Å². The smallest absolute Gasteiger partial charge is 0.303 e. The van der Waals surface area contributed by atoms with E-state index in [0.717, 1.165) is 11.3 Å². The van der Waals surface area contributed by atoms with Crippen LogP contribution in [0.2, 0.25) is 0 Å². The number of tetrazole rings is 1. The van der Waals surface area contributed by atoms with Gasteiger partial charge in [-0.15, -0.1) is 5.10 Å². The van der Waals surface area contributed by atoms with Crippen molar-refractivity contribution >= 4 is 5.97 Å². The number of aromatic nitrogens is 4. The molecule has 112 valence electrons. The molecule has 7 nitrogen and oxygen atoms in total. The Balaban J connectivity index is 2.08. The molecule has 0 unspecified atom stereocenters. The number of carbonyl (C=O) groups is 1. The van der Waals surface area contributed by atoms with Crippen LogP contribution in [0.25, 0.3) is 11.4 Å². The van der Waals surface area contributed by atoms with E-state index in [-0.39, 0.29) is 12.5 Å². The number of carboxylic acid groups (broad SMARTS) is 1. The Morgan fingerprint density at radius 1 is 1.33 bits per heavy atom. The molecule has 1 aromatic carbocycles. The second-order valence-electron chi connectivity index (χ2n) is 4.91. The minimum absolute atomic E-state index is 0.0977. The van der Waals surface area contributed by atoms with Crippen molar-refractivity contribution in [1.82, 2.24) is 20.2 Å². The van der Waals surface area contributed by atoms with E-state index in [2.05, 4.69) is 15.5 Å². The molecule has 0 saturated heterocycles. The second kappa shape index (κ2) is 6.83. The van der Waals surface area contributed by atoms with E-state index in [0.29, 0.717) is 18.8 Å². The summed E-state index contributed by atoms with van der Waals surface area (Å²) in [4.78, 5) is 10.5. The summed E-state index contributed by atoms with van der Waals surface area (Å²) in [5, 5.41) is 20.2. The third-order valence-electron chi connectivity index (χ3n) is 2.78. The van der Waals surface area contributed by atoms with Crippen LogP contribution in [0.15, 0.2) is 24.3 Å². The molecule has 1 heterocycles. The number of hydrogen-bond acceptors (Lipinski definition) is 5. The molecule has 0 aliphatic carbocycles. The molecule has 0 aliphatic heterocycles. The van der Waals surface area contributed by atoms with Crippen LogP contribution in [-0.2, 0) is 11.3 Å². The summed E-state index contributed by atoms with van der Waals surface area (Å²) >= 11 is 0. The highest BCUT2D eigenvalue weighted by atomic mass is 16.5. The average Bonchev–Trinajstić information content (AvgIpc) is 2.87. The van der Waals surface area contributed by atoms with Crippen molar-refractivity contribution in [2.45, 2.75) is 39.3 Å². The van der Waals surface area contributed by atoms with Gasteiger partial charge in [-0.1, -0.05) is 0 Å². The van der Waals surface area contributed by atoms with E-state index in [1.54, 1.807) is 4.68 Å². The molecule has 7 heteroatoms. The standard InChI is InChI=1S/C14H18N4O3/c1-10(2)21-12-7-5-11(6-8-12)14-15-16-17-18(14)9-3-4-13(19)20/h5-8,10H,3-4,9H2,1-2H3,(H,19,20). The summed E-state index contributed by atoms with van der Waals surface area (Å²) in [5.74, 6) is 0.593. The molecule has 0 radical (unpaired) electrons. The van der Waals surface area contributed by atoms with E-state index in [4.69, 9.17) is 9.84 Å². The first-order chi connectivity index (χ1) is 10.1. The number of ether oxygens (including phenoxy) is 1. The van der Waals surface area contributed by atoms with E-state index >= 15 is 0 Å². The Morgan fingerprint density at radius 2 is 2.05 bits per heavy atom. The minimum atomic E-state index is -0.820. The van der Waals surface area contributed by atoms with E-state index in [9.17, 15) is 4.79 Å². The fourth-order valence-electron chi connectivity index (χ4n) is 1.90. The van der Waals surface area contributed by atoms with Crippen molar-refractivity contribution in [2.75, 3.05) is 0 Å². The molecule has 1 N–H and O–H groups in total. The molecule has 2 aromatic rings. The maximum absolute atomic E-state index is 10.5. The zero-order valence-corrected chi connectivity index (χ0v) is 12.1. The summed E-state index contributed by atoms with van der Waals surface area (Å²) in [6, 6.07) is 7.51. The van der Waals surface area contributed by atoms with Crippen LogP contribution in [0.1, 0.15) is 26.7 Å². The summed E-state index contributed by atoms with van der Waals surface area (Å²) in [6.07, 6.45) is 0.708. The number of aliphatic carboxylic acids is 1. The maximum Gasteiger partial charge on any atom is 0.303 e. The highest BCUT2D eigenvalue weighted by Crippen LogP contribution is 2.21. The fraction of sp³-hybridized carbons (Fsp3) is 0.429. The van der Waals surface area contributed by atoms with Gasteiger partial charge in [-0.3, -0.25) is 4.79 Å². The predicted octanol–water partition coefficient (Wildman–Crippen LogP) is 1.99. The van der Waals surface area contributed by atoms with E-state index < -0.39 is 5.97 Å². The maximum atomic E-state index is 10.5. The van der Waals surface area contributed by atoms with Gasteiger partial charge >= 0.3 is 5.97 Å². The van der Waals surface area contributed by atoms with Crippen LogP contribution >= 0.6 is 0 Å². The molecular weight excluding hydrogens is 272 g/mol. The predicted molar refractivity (Wildman–Crippen MR) is 75.9 cm³/mol. The van der Waals surface area contributed by atoms with Gasteiger partial charge in [0, 0.05) is 18.5 Å². The van der Waals surface area contributed by atoms with Crippen molar-refractivity contribution in [3.8, 4) is 17.1 Å². The van der Waals surface area contributed by atoms with Crippen molar-refractivity contribution in [3.63, 3.8) is 0 Å². The number of aryl methyl sites for hydroxylation is 1. The molecule has 0 bridgehead atoms. The van der Waals surface area contributed by atoms with Gasteiger partial charge < -0.3 is 9.84 Å².